The van der Waals surface area contributed by atoms with Crippen LogP contribution in [0.3, 0.4) is 0 Å². The fourth-order valence-electron chi connectivity index (χ4n) is 3.08. The zero-order chi connectivity index (χ0) is 20.2. The second-order valence-electron chi connectivity index (χ2n) is 6.86. The lowest BCUT2D eigenvalue weighted by Gasteiger charge is -2.14. The zero-order valence-electron chi connectivity index (χ0n) is 16.8. The number of nitrogens with one attached hydrogen (secondary N) is 1. The Morgan fingerprint density at radius 2 is 1.93 bits per heavy atom. The van der Waals surface area contributed by atoms with E-state index in [0.29, 0.717) is 30.2 Å². The zero-order valence-corrected chi connectivity index (χ0v) is 16.8. The number of nitrogens with zero attached hydrogens (tertiary/aromatic N) is 1. The molecule has 1 heterocycles. The fourth-order valence-corrected chi connectivity index (χ4v) is 3.08. The van der Waals surface area contributed by atoms with Gasteiger partial charge in [-0.2, -0.15) is 0 Å². The van der Waals surface area contributed by atoms with Crippen molar-refractivity contribution in [2.45, 2.75) is 58.4 Å². The molecule has 0 spiro atoms. The molecule has 5 nitrogen and oxygen atoms in total. The highest BCUT2D eigenvalue weighted by atomic mass is 16.5. The molecule has 0 radical (unpaired) electrons. The van der Waals surface area contributed by atoms with E-state index in [1.165, 1.54) is 0 Å². The van der Waals surface area contributed by atoms with Gasteiger partial charge in [0.15, 0.2) is 0 Å². The molecule has 5 heteroatoms. The predicted molar refractivity (Wildman–Crippen MR) is 113 cm³/mol. The molecule has 0 unspecified atom stereocenters. The van der Waals surface area contributed by atoms with Crippen LogP contribution >= 0.6 is 0 Å². The van der Waals surface area contributed by atoms with Crippen LogP contribution in [0, 0.1) is 0 Å². The minimum absolute atomic E-state index is 0.252. The molecule has 0 saturated carbocycles. The predicted octanol–water partition coefficient (Wildman–Crippen LogP) is 4.58. The number of amides is 1. The van der Waals surface area contributed by atoms with Crippen LogP contribution in [-0.2, 0) is 9.53 Å². The van der Waals surface area contributed by atoms with Crippen LogP contribution in [-0.4, -0.2) is 30.6 Å². The molecule has 0 aromatic heterocycles. The molecule has 1 atom stereocenters. The summed E-state index contributed by atoms with van der Waals surface area (Å²) >= 11 is 0. The number of hydrogen-bond acceptors (Lipinski definition) is 4. The summed E-state index contributed by atoms with van der Waals surface area (Å²) in [6.45, 7) is 4.45. The maximum absolute atomic E-state index is 12.8. The van der Waals surface area contributed by atoms with Gasteiger partial charge < -0.3 is 14.8 Å². The Morgan fingerprint density at radius 1 is 1.18 bits per heavy atom. The number of carbonyl (C=O) groups excluding carboxylic acids is 2. The van der Waals surface area contributed by atoms with E-state index in [0.717, 1.165) is 44.0 Å². The largest absolute Gasteiger partial charge is 0.478 e. The van der Waals surface area contributed by atoms with Crippen molar-refractivity contribution in [2.24, 2.45) is 4.99 Å². The third-order valence-corrected chi connectivity index (χ3v) is 4.64. The summed E-state index contributed by atoms with van der Waals surface area (Å²) in [5.41, 5.74) is 1.95. The Bertz CT molecular complexity index is 750. The summed E-state index contributed by atoms with van der Waals surface area (Å²) in [4.78, 5) is 28.8. The van der Waals surface area contributed by atoms with Crippen molar-refractivity contribution in [3.8, 4) is 0 Å². The number of ether oxygens (including phenoxy) is 1. The molecule has 1 aliphatic heterocycles. The van der Waals surface area contributed by atoms with E-state index in [4.69, 9.17) is 4.74 Å². The second kappa shape index (κ2) is 11.9. The van der Waals surface area contributed by atoms with Crippen molar-refractivity contribution in [3.63, 3.8) is 0 Å². The molecule has 0 fully saturated rings. The van der Waals surface area contributed by atoms with E-state index in [1.807, 2.05) is 50.3 Å². The molecular formula is C23H30N2O3. The molecule has 0 aliphatic carbocycles. The third kappa shape index (κ3) is 6.80. The molecule has 2 rings (SSSR count). The number of aldehydes is 1. The van der Waals surface area contributed by atoms with Crippen molar-refractivity contribution >= 4 is 17.9 Å². The number of carbonyl (C=O) groups is 2. The standard InChI is InChI=1S/C23H30N2O3/c1-3-4-7-15-22-24-18(2)20-13-9-10-14-21(20)23(27)25-19(17-26)12-8-5-6-11-16-28-22/h3-4,9-10,13-15,17,19H,5-8,11-12,16H2,1-2H3,(H,25,27)/b4-3-,22-15+,24-18+/t19-/m0/s1. The van der Waals surface area contributed by atoms with Crippen LogP contribution in [0.1, 0.15) is 68.3 Å². The Balaban J connectivity index is 2.37. The van der Waals surface area contributed by atoms with Gasteiger partial charge in [-0.3, -0.25) is 4.79 Å². The Kier molecular flexibility index (Phi) is 9.19. The van der Waals surface area contributed by atoms with Crippen LogP contribution in [0.25, 0.3) is 0 Å². The van der Waals surface area contributed by atoms with Gasteiger partial charge in [0, 0.05) is 16.8 Å². The van der Waals surface area contributed by atoms with Crippen molar-refractivity contribution in [2.75, 3.05) is 6.61 Å². The molecule has 150 valence electrons. The average Bonchev–Trinajstić information content (AvgIpc) is 2.71. The topological polar surface area (TPSA) is 67.8 Å². The lowest BCUT2D eigenvalue weighted by Crippen LogP contribution is -2.36. The molecule has 1 N–H and O–H groups in total. The van der Waals surface area contributed by atoms with E-state index >= 15 is 0 Å². The Labute approximate surface area is 167 Å². The van der Waals surface area contributed by atoms with Gasteiger partial charge in [-0.1, -0.05) is 49.6 Å². The normalized spacial score (nSPS) is 22.9. The quantitative estimate of drug-likeness (QED) is 0.614. The molecule has 28 heavy (non-hydrogen) atoms. The molecule has 1 amide bonds. The van der Waals surface area contributed by atoms with E-state index < -0.39 is 6.04 Å². The van der Waals surface area contributed by atoms with Crippen LogP contribution < -0.4 is 5.32 Å². The van der Waals surface area contributed by atoms with Crippen LogP contribution in [0.2, 0.25) is 0 Å². The van der Waals surface area contributed by atoms with E-state index in [9.17, 15) is 9.59 Å². The SMILES string of the molecule is C/C=C\C/C=C1\N=C(/C)c2ccccc2C(=O)N[C@H](C=O)CCCCCCO1. The third-order valence-electron chi connectivity index (χ3n) is 4.64. The second-order valence-corrected chi connectivity index (χ2v) is 6.86. The minimum Gasteiger partial charge on any atom is -0.478 e. The first-order valence-electron chi connectivity index (χ1n) is 10.0. The monoisotopic (exact) mass is 382 g/mol. The molecule has 0 saturated heterocycles. The molecular weight excluding hydrogens is 352 g/mol. The van der Waals surface area contributed by atoms with Gasteiger partial charge in [-0.25, -0.2) is 4.99 Å². The first-order valence-corrected chi connectivity index (χ1v) is 10.0. The maximum Gasteiger partial charge on any atom is 0.252 e. The number of fused-ring (bicyclic) bond motifs is 1. The fraction of sp³-hybridized carbons (Fsp3) is 0.435. The number of aliphatic imine (C=N–C) groups is 1. The molecule has 1 aromatic carbocycles. The lowest BCUT2D eigenvalue weighted by atomic mass is 10.0. The summed E-state index contributed by atoms with van der Waals surface area (Å²) in [6, 6.07) is 6.85. The van der Waals surface area contributed by atoms with Crippen molar-refractivity contribution in [1.29, 1.82) is 0 Å². The Morgan fingerprint density at radius 3 is 2.68 bits per heavy atom. The average molecular weight is 383 g/mol. The van der Waals surface area contributed by atoms with Gasteiger partial charge in [-0.05, 0) is 45.3 Å². The summed E-state index contributed by atoms with van der Waals surface area (Å²) < 4.78 is 5.90. The van der Waals surface area contributed by atoms with Crippen molar-refractivity contribution in [3.05, 3.63) is 59.5 Å². The Hall–Kier alpha value is -2.69. The van der Waals surface area contributed by atoms with Crippen molar-refractivity contribution in [1.82, 2.24) is 5.32 Å². The van der Waals surface area contributed by atoms with Crippen molar-refractivity contribution < 1.29 is 14.3 Å². The highest BCUT2D eigenvalue weighted by molar-refractivity contribution is 6.10. The number of rotatable bonds is 3. The number of hydrogen-bond donors (Lipinski definition) is 1. The first-order chi connectivity index (χ1) is 13.7. The highest BCUT2D eigenvalue weighted by Crippen LogP contribution is 2.15. The van der Waals surface area contributed by atoms with Gasteiger partial charge in [0.2, 0.25) is 5.88 Å². The summed E-state index contributed by atoms with van der Waals surface area (Å²) in [7, 11) is 0. The van der Waals surface area contributed by atoms with Crippen LogP contribution in [0.4, 0.5) is 0 Å². The van der Waals surface area contributed by atoms with Gasteiger partial charge in [0.05, 0.1) is 12.6 Å². The summed E-state index contributed by atoms with van der Waals surface area (Å²) in [5.74, 6) is 0.323. The smallest absolute Gasteiger partial charge is 0.252 e. The van der Waals surface area contributed by atoms with E-state index in [1.54, 1.807) is 6.07 Å². The maximum atomic E-state index is 12.8. The summed E-state index contributed by atoms with van der Waals surface area (Å²) in [5, 5.41) is 2.85. The minimum atomic E-state index is -0.463. The van der Waals surface area contributed by atoms with Gasteiger partial charge in [-0.15, -0.1) is 0 Å². The highest BCUT2D eigenvalue weighted by Gasteiger charge is 2.17. The van der Waals surface area contributed by atoms with E-state index in [-0.39, 0.29) is 5.91 Å². The summed E-state index contributed by atoms with van der Waals surface area (Å²) in [6.07, 6.45) is 12.0. The first kappa shape index (κ1) is 21.6. The molecule has 1 aliphatic rings. The van der Waals surface area contributed by atoms with Crippen LogP contribution in [0.15, 0.2) is 53.4 Å². The lowest BCUT2D eigenvalue weighted by molar-refractivity contribution is -0.109. The van der Waals surface area contributed by atoms with Gasteiger partial charge >= 0.3 is 0 Å². The van der Waals surface area contributed by atoms with Gasteiger partial charge in [0.1, 0.15) is 6.29 Å². The number of benzene rings is 1. The number of allylic oxidation sites excluding steroid dienone is 3. The molecule has 0 bridgehead atoms. The molecule has 1 aromatic rings. The van der Waals surface area contributed by atoms with Gasteiger partial charge in [0.25, 0.3) is 5.91 Å². The van der Waals surface area contributed by atoms with Crippen LogP contribution in [0.5, 0.6) is 0 Å². The van der Waals surface area contributed by atoms with E-state index in [2.05, 4.69) is 10.3 Å².